The van der Waals surface area contributed by atoms with Gasteiger partial charge in [-0.2, -0.15) is 0 Å². The van der Waals surface area contributed by atoms with Crippen LogP contribution >= 0.6 is 0 Å². The molecule has 162 valence electrons. The van der Waals surface area contributed by atoms with Gasteiger partial charge in [0.25, 0.3) is 0 Å². The van der Waals surface area contributed by atoms with Gasteiger partial charge in [-0.05, 0) is 60.2 Å². The third-order valence-electron chi connectivity index (χ3n) is 5.98. The molecule has 5 rings (SSSR count). The molecular formula is C26H25N3O2S. The second-order valence-corrected chi connectivity index (χ2v) is 10.2. The Morgan fingerprint density at radius 1 is 0.969 bits per heavy atom. The Hall–Kier alpha value is -3.51. The van der Waals surface area contributed by atoms with E-state index in [4.69, 9.17) is 0 Å². The molecule has 1 N–H and O–H groups in total. The van der Waals surface area contributed by atoms with Crippen LogP contribution in [0.3, 0.4) is 0 Å². The number of amides is 1. The van der Waals surface area contributed by atoms with E-state index in [2.05, 4.69) is 17.3 Å². The number of hydrogen-bond donors (Lipinski definition) is 1. The first kappa shape index (κ1) is 20.4. The topological polar surface area (TPSA) is 54.3 Å². The highest BCUT2D eigenvalue weighted by atomic mass is 32.2. The molecule has 1 aliphatic rings. The number of nitrogens with one attached hydrogen (secondary N) is 1. The fraction of sp³-hybridized carbons (Fsp3) is 0.154. The lowest BCUT2D eigenvalue weighted by molar-refractivity contribution is 0.243. The van der Waals surface area contributed by atoms with Gasteiger partial charge in [-0.15, -0.1) is 0 Å². The number of aryl methyl sites for hydroxylation is 1. The number of rotatable bonds is 4. The van der Waals surface area contributed by atoms with Crippen molar-refractivity contribution in [3.05, 3.63) is 96.2 Å². The number of hydrogen-bond acceptors (Lipinski definition) is 2. The van der Waals surface area contributed by atoms with Crippen molar-refractivity contribution >= 4 is 38.2 Å². The summed E-state index contributed by atoms with van der Waals surface area (Å²) in [5, 5.41) is 3.98. The quantitative estimate of drug-likeness (QED) is 0.459. The van der Waals surface area contributed by atoms with E-state index >= 15 is 0 Å². The maximum Gasteiger partial charge on any atom is 0.326 e. The molecule has 6 heteroatoms. The molecule has 0 bridgehead atoms. The van der Waals surface area contributed by atoms with Crippen LogP contribution in [0.2, 0.25) is 0 Å². The van der Waals surface area contributed by atoms with Gasteiger partial charge in [-0.3, -0.25) is 8.87 Å². The van der Waals surface area contributed by atoms with Crippen molar-refractivity contribution in [2.24, 2.45) is 0 Å². The molecule has 0 radical (unpaired) electrons. The van der Waals surface area contributed by atoms with Crippen molar-refractivity contribution in [3.63, 3.8) is 0 Å². The monoisotopic (exact) mass is 443 g/mol. The molecule has 4 aromatic rings. The van der Waals surface area contributed by atoms with Crippen molar-refractivity contribution in [1.29, 1.82) is 0 Å². The molecular weight excluding hydrogens is 418 g/mol. The summed E-state index contributed by atoms with van der Waals surface area (Å²) in [7, 11) is -2.64. The highest BCUT2D eigenvalue weighted by Gasteiger charge is 2.24. The van der Waals surface area contributed by atoms with E-state index in [1.807, 2.05) is 77.1 Å². The maximum atomic E-state index is 13.7. The van der Waals surface area contributed by atoms with Gasteiger partial charge in [0.2, 0.25) is 0 Å². The summed E-state index contributed by atoms with van der Waals surface area (Å²) in [5.41, 5.74) is 4.03. The van der Waals surface area contributed by atoms with E-state index in [0.29, 0.717) is 11.4 Å². The number of benzene rings is 3. The third-order valence-corrected chi connectivity index (χ3v) is 8.08. The smallest absolute Gasteiger partial charge is 0.326 e. The van der Waals surface area contributed by atoms with Gasteiger partial charge in [0.05, 0.1) is 20.9 Å². The molecule has 32 heavy (non-hydrogen) atoms. The lowest BCUT2D eigenvalue weighted by Crippen LogP contribution is -2.35. The van der Waals surface area contributed by atoms with Crippen LogP contribution in [0.4, 0.5) is 10.5 Å². The molecule has 1 amide bonds. The summed E-state index contributed by atoms with van der Waals surface area (Å²) in [6.07, 6.45) is 3.73. The van der Waals surface area contributed by atoms with Crippen LogP contribution in [0.15, 0.2) is 90.0 Å². The standard InChI is InChI=1S/C26H25N3O2S/c1-32(31,29-17-6-9-21-7-3-5-11-25(21)29)23-14-12-20(13-15-23)19-27-26(30)28-18-16-22-8-2-4-10-24(22)28/h2-5,7-8,10-16,18H,1,6,9,17,19H2,(H,27,30). The van der Waals surface area contributed by atoms with E-state index in [9.17, 15) is 9.00 Å². The van der Waals surface area contributed by atoms with E-state index < -0.39 is 9.71 Å². The summed E-state index contributed by atoms with van der Waals surface area (Å²) < 4.78 is 17.3. The van der Waals surface area contributed by atoms with Gasteiger partial charge in [-0.1, -0.05) is 48.5 Å². The first-order valence-electron chi connectivity index (χ1n) is 10.7. The Morgan fingerprint density at radius 2 is 1.72 bits per heavy atom. The van der Waals surface area contributed by atoms with E-state index in [1.54, 1.807) is 10.8 Å². The fourth-order valence-electron chi connectivity index (χ4n) is 4.28. The molecule has 2 heterocycles. The van der Waals surface area contributed by atoms with Crippen molar-refractivity contribution in [1.82, 2.24) is 9.88 Å². The summed E-state index contributed by atoms with van der Waals surface area (Å²) >= 11 is 0. The Morgan fingerprint density at radius 3 is 2.56 bits per heavy atom. The zero-order valence-electron chi connectivity index (χ0n) is 17.7. The Bertz CT molecular complexity index is 1390. The third kappa shape index (κ3) is 3.67. The molecule has 1 aromatic heterocycles. The average molecular weight is 444 g/mol. The van der Waals surface area contributed by atoms with Crippen LogP contribution in [-0.4, -0.2) is 27.2 Å². The number of nitrogens with zero attached hydrogens (tertiary/aromatic N) is 2. The van der Waals surface area contributed by atoms with Gasteiger partial charge in [-0.25, -0.2) is 9.00 Å². The Labute approximate surface area is 188 Å². The molecule has 0 aliphatic carbocycles. The minimum absolute atomic E-state index is 0.179. The summed E-state index contributed by atoms with van der Waals surface area (Å²) in [5.74, 6) is 4.11. The second kappa shape index (κ2) is 8.20. The molecule has 1 atom stereocenters. The van der Waals surface area contributed by atoms with Crippen LogP contribution in [0.5, 0.6) is 0 Å². The summed E-state index contributed by atoms with van der Waals surface area (Å²) in [4.78, 5) is 13.3. The first-order chi connectivity index (χ1) is 15.5. The number of carbonyl (C=O) groups excluding carboxylic acids is 1. The Kier molecular flexibility index (Phi) is 5.23. The van der Waals surface area contributed by atoms with Crippen molar-refractivity contribution in [2.45, 2.75) is 24.3 Å². The highest BCUT2D eigenvalue weighted by Crippen LogP contribution is 2.31. The predicted molar refractivity (Wildman–Crippen MR) is 132 cm³/mol. The zero-order valence-corrected chi connectivity index (χ0v) is 18.6. The number of aromatic nitrogens is 1. The van der Waals surface area contributed by atoms with Gasteiger partial charge in [0.15, 0.2) is 0 Å². The summed E-state index contributed by atoms with van der Waals surface area (Å²) in [6, 6.07) is 25.2. The second-order valence-electron chi connectivity index (χ2n) is 8.02. The molecule has 1 unspecified atom stereocenters. The van der Waals surface area contributed by atoms with Crippen molar-refractivity contribution in [3.8, 4) is 0 Å². The number of para-hydroxylation sites is 2. The van der Waals surface area contributed by atoms with E-state index in [-0.39, 0.29) is 6.03 Å². The fourth-order valence-corrected chi connectivity index (χ4v) is 6.01. The zero-order chi connectivity index (χ0) is 22.1. The molecule has 5 nitrogen and oxygen atoms in total. The SMILES string of the molecule is C=S(=O)(c1ccc(CNC(=O)n2ccc3ccccc32)cc1)N1CCCc2ccccc21. The highest BCUT2D eigenvalue weighted by molar-refractivity contribution is 8.01. The van der Waals surface area contributed by atoms with Crippen molar-refractivity contribution < 1.29 is 9.00 Å². The van der Waals surface area contributed by atoms with Gasteiger partial charge < -0.3 is 5.32 Å². The van der Waals surface area contributed by atoms with E-state index in [0.717, 1.165) is 41.5 Å². The minimum atomic E-state index is -2.64. The van der Waals surface area contributed by atoms with E-state index in [1.165, 1.54) is 5.56 Å². The largest absolute Gasteiger partial charge is 0.333 e. The lowest BCUT2D eigenvalue weighted by Gasteiger charge is -2.33. The van der Waals surface area contributed by atoms with Crippen LogP contribution in [-0.2, 0) is 22.7 Å². The molecule has 0 saturated carbocycles. The number of anilines is 1. The Balaban J connectivity index is 1.31. The summed E-state index contributed by atoms with van der Waals surface area (Å²) in [6.45, 7) is 1.11. The van der Waals surface area contributed by atoms with Crippen LogP contribution in [0.25, 0.3) is 10.9 Å². The van der Waals surface area contributed by atoms with Gasteiger partial charge in [0, 0.05) is 29.6 Å². The number of carbonyl (C=O) groups is 1. The van der Waals surface area contributed by atoms with Crippen LogP contribution in [0, 0.1) is 0 Å². The van der Waals surface area contributed by atoms with Crippen LogP contribution < -0.4 is 9.62 Å². The lowest BCUT2D eigenvalue weighted by atomic mass is 10.0. The molecule has 0 spiro atoms. The van der Waals surface area contributed by atoms with Crippen molar-refractivity contribution in [2.75, 3.05) is 10.8 Å². The normalized spacial score (nSPS) is 15.2. The predicted octanol–water partition coefficient (Wildman–Crippen LogP) is 4.84. The first-order valence-corrected chi connectivity index (χ1v) is 12.4. The molecule has 0 fully saturated rings. The van der Waals surface area contributed by atoms with Gasteiger partial charge in [0.1, 0.15) is 0 Å². The molecule has 1 aliphatic heterocycles. The molecule has 3 aromatic carbocycles. The van der Waals surface area contributed by atoms with Crippen LogP contribution in [0.1, 0.15) is 17.5 Å². The molecule has 0 saturated heterocycles. The maximum absolute atomic E-state index is 13.7. The average Bonchev–Trinajstić information content (AvgIpc) is 3.27. The minimum Gasteiger partial charge on any atom is -0.333 e. The number of fused-ring (bicyclic) bond motifs is 2. The van der Waals surface area contributed by atoms with Gasteiger partial charge >= 0.3 is 6.03 Å².